The molecule has 0 aliphatic carbocycles. The maximum atomic E-state index is 5.37. The van der Waals surface area contributed by atoms with Crippen LogP contribution >= 0.6 is 0 Å². The molecule has 0 aromatic carbocycles. The highest BCUT2D eigenvalue weighted by Crippen LogP contribution is 2.19. The fourth-order valence-electron chi connectivity index (χ4n) is 0.716. The van der Waals surface area contributed by atoms with E-state index in [-0.39, 0.29) is 5.41 Å². The summed E-state index contributed by atoms with van der Waals surface area (Å²) in [4.78, 5) is 0. The topological polar surface area (TPSA) is 52.0 Å². The highest BCUT2D eigenvalue weighted by atomic mass is 14.5. The van der Waals surface area contributed by atoms with Gasteiger partial charge in [0.25, 0.3) is 0 Å². The van der Waals surface area contributed by atoms with Gasteiger partial charge in [0, 0.05) is 0 Å². The normalized spacial score (nSPS) is 12.8. The van der Waals surface area contributed by atoms with Crippen molar-refractivity contribution in [3.05, 3.63) is 12.3 Å². The van der Waals surface area contributed by atoms with Gasteiger partial charge in [0.05, 0.1) is 0 Å². The molecule has 0 saturated heterocycles. The Morgan fingerprint density at radius 1 is 1.44 bits per heavy atom. The van der Waals surface area contributed by atoms with Gasteiger partial charge < -0.3 is 11.5 Å². The van der Waals surface area contributed by atoms with Crippen LogP contribution in [0.25, 0.3) is 0 Å². The molecule has 0 aromatic heterocycles. The van der Waals surface area contributed by atoms with Gasteiger partial charge in [-0.2, -0.15) is 0 Å². The molecule has 0 radical (unpaired) electrons. The van der Waals surface area contributed by atoms with E-state index in [1.807, 2.05) is 6.08 Å². The van der Waals surface area contributed by atoms with Crippen molar-refractivity contribution in [1.29, 1.82) is 0 Å². The summed E-state index contributed by atoms with van der Waals surface area (Å²) in [5, 5.41) is 0. The summed E-state index contributed by atoms with van der Waals surface area (Å²) in [6, 6.07) is 0. The Hall–Kier alpha value is -0.500. The van der Waals surface area contributed by atoms with Crippen LogP contribution < -0.4 is 11.5 Å². The van der Waals surface area contributed by atoms with Gasteiger partial charge in [-0.05, 0) is 24.6 Å². The van der Waals surface area contributed by atoms with Crippen LogP contribution in [-0.4, -0.2) is 6.54 Å². The molecule has 0 amide bonds. The van der Waals surface area contributed by atoms with Crippen molar-refractivity contribution >= 4 is 0 Å². The highest BCUT2D eigenvalue weighted by molar-refractivity contribution is 4.91. The summed E-state index contributed by atoms with van der Waals surface area (Å²) < 4.78 is 0. The first-order valence-electron chi connectivity index (χ1n) is 3.22. The average Bonchev–Trinajstić information content (AvgIpc) is 1.64. The maximum absolute atomic E-state index is 5.37. The minimum Gasteiger partial charge on any atom is -0.405 e. The van der Waals surface area contributed by atoms with Crippen molar-refractivity contribution in [2.24, 2.45) is 16.9 Å². The van der Waals surface area contributed by atoms with E-state index in [1.54, 1.807) is 6.20 Å². The molecule has 9 heavy (non-hydrogen) atoms. The Kier molecular flexibility index (Phi) is 3.32. The molecule has 0 saturated carbocycles. The molecular formula is C7H16N2. The van der Waals surface area contributed by atoms with Crippen molar-refractivity contribution in [1.82, 2.24) is 0 Å². The van der Waals surface area contributed by atoms with Gasteiger partial charge in [0.1, 0.15) is 0 Å². The third-order valence-electron chi connectivity index (χ3n) is 1.34. The van der Waals surface area contributed by atoms with Crippen LogP contribution in [0.15, 0.2) is 12.3 Å². The molecule has 0 aliphatic rings. The molecule has 0 aromatic rings. The summed E-state index contributed by atoms with van der Waals surface area (Å²) in [7, 11) is 0. The molecule has 0 aliphatic heterocycles. The molecule has 0 bridgehead atoms. The van der Waals surface area contributed by atoms with E-state index in [1.165, 1.54) is 0 Å². The SMILES string of the molecule is CC(C)(C=CN)CCN. The van der Waals surface area contributed by atoms with Crippen LogP contribution in [0, 0.1) is 5.41 Å². The summed E-state index contributed by atoms with van der Waals surface area (Å²) in [5.74, 6) is 0. The van der Waals surface area contributed by atoms with Crippen LogP contribution in [0.1, 0.15) is 20.3 Å². The molecule has 0 unspecified atom stereocenters. The number of allylic oxidation sites excluding steroid dienone is 1. The van der Waals surface area contributed by atoms with Crippen LogP contribution in [-0.2, 0) is 0 Å². The maximum Gasteiger partial charge on any atom is -0.00692 e. The number of hydrogen-bond donors (Lipinski definition) is 2. The first-order valence-corrected chi connectivity index (χ1v) is 3.22. The summed E-state index contributed by atoms with van der Waals surface area (Å²) >= 11 is 0. The Bertz CT molecular complexity index is 95.1. The van der Waals surface area contributed by atoms with Crippen LogP contribution in [0.2, 0.25) is 0 Å². The quantitative estimate of drug-likeness (QED) is 0.591. The molecule has 0 heterocycles. The average molecular weight is 128 g/mol. The third-order valence-corrected chi connectivity index (χ3v) is 1.34. The van der Waals surface area contributed by atoms with Crippen molar-refractivity contribution in [2.45, 2.75) is 20.3 Å². The zero-order valence-electron chi connectivity index (χ0n) is 6.22. The number of hydrogen-bond acceptors (Lipinski definition) is 2. The van der Waals surface area contributed by atoms with E-state index in [0.29, 0.717) is 0 Å². The standard InChI is InChI=1S/C7H16N2/c1-7(2,3-5-8)4-6-9/h3,5H,4,6,8-9H2,1-2H3. The lowest BCUT2D eigenvalue weighted by Crippen LogP contribution is -2.14. The van der Waals surface area contributed by atoms with Gasteiger partial charge >= 0.3 is 0 Å². The van der Waals surface area contributed by atoms with Crippen LogP contribution in [0.3, 0.4) is 0 Å². The second-order valence-corrected chi connectivity index (χ2v) is 2.89. The van der Waals surface area contributed by atoms with Gasteiger partial charge in [-0.1, -0.05) is 19.9 Å². The number of rotatable bonds is 3. The smallest absolute Gasteiger partial charge is 0.00692 e. The van der Waals surface area contributed by atoms with Gasteiger partial charge in [0.2, 0.25) is 0 Å². The fourth-order valence-corrected chi connectivity index (χ4v) is 0.716. The van der Waals surface area contributed by atoms with Crippen molar-refractivity contribution in [3.63, 3.8) is 0 Å². The van der Waals surface area contributed by atoms with Gasteiger partial charge in [0.15, 0.2) is 0 Å². The summed E-state index contributed by atoms with van der Waals surface area (Å²) in [5.41, 5.74) is 10.8. The fraction of sp³-hybridized carbons (Fsp3) is 0.714. The molecular weight excluding hydrogens is 112 g/mol. The highest BCUT2D eigenvalue weighted by Gasteiger charge is 2.10. The number of nitrogens with two attached hydrogens (primary N) is 2. The molecule has 0 fully saturated rings. The minimum absolute atomic E-state index is 0.170. The summed E-state index contributed by atoms with van der Waals surface area (Å²) in [6.45, 7) is 4.95. The Balaban J connectivity index is 3.70. The van der Waals surface area contributed by atoms with E-state index in [4.69, 9.17) is 11.5 Å². The zero-order chi connectivity index (χ0) is 7.33. The monoisotopic (exact) mass is 128 g/mol. The van der Waals surface area contributed by atoms with Crippen LogP contribution in [0.4, 0.5) is 0 Å². The molecule has 54 valence electrons. The summed E-state index contributed by atoms with van der Waals surface area (Å²) in [6.07, 6.45) is 4.54. The lowest BCUT2D eigenvalue weighted by atomic mass is 9.90. The Labute approximate surface area is 56.9 Å². The van der Waals surface area contributed by atoms with Gasteiger partial charge in [-0.25, -0.2) is 0 Å². The van der Waals surface area contributed by atoms with E-state index < -0.39 is 0 Å². The lowest BCUT2D eigenvalue weighted by Gasteiger charge is -2.17. The first kappa shape index (κ1) is 8.50. The van der Waals surface area contributed by atoms with E-state index in [2.05, 4.69) is 13.8 Å². The predicted molar refractivity (Wildman–Crippen MR) is 40.8 cm³/mol. The van der Waals surface area contributed by atoms with Gasteiger partial charge in [-0.3, -0.25) is 0 Å². The second-order valence-electron chi connectivity index (χ2n) is 2.89. The minimum atomic E-state index is 0.170. The molecule has 0 spiro atoms. The van der Waals surface area contributed by atoms with Crippen molar-refractivity contribution < 1.29 is 0 Å². The Morgan fingerprint density at radius 3 is 2.33 bits per heavy atom. The lowest BCUT2D eigenvalue weighted by molar-refractivity contribution is 0.445. The van der Waals surface area contributed by atoms with E-state index in [9.17, 15) is 0 Å². The van der Waals surface area contributed by atoms with E-state index >= 15 is 0 Å². The molecule has 0 rings (SSSR count). The molecule has 2 nitrogen and oxygen atoms in total. The molecule has 2 heteroatoms. The van der Waals surface area contributed by atoms with Crippen molar-refractivity contribution in [3.8, 4) is 0 Å². The molecule has 4 N–H and O–H groups in total. The Morgan fingerprint density at radius 2 is 2.00 bits per heavy atom. The first-order chi connectivity index (χ1) is 4.12. The second kappa shape index (κ2) is 3.51. The largest absolute Gasteiger partial charge is 0.405 e. The van der Waals surface area contributed by atoms with Gasteiger partial charge in [-0.15, -0.1) is 0 Å². The van der Waals surface area contributed by atoms with Crippen LogP contribution in [0.5, 0.6) is 0 Å². The third kappa shape index (κ3) is 4.03. The zero-order valence-corrected chi connectivity index (χ0v) is 6.22. The molecule has 0 atom stereocenters. The van der Waals surface area contributed by atoms with Crippen molar-refractivity contribution in [2.75, 3.05) is 6.54 Å². The van der Waals surface area contributed by atoms with E-state index in [0.717, 1.165) is 13.0 Å². The predicted octanol–water partition coefficient (Wildman–Crippen LogP) is 0.834.